The maximum absolute atomic E-state index is 13.2. The molecule has 0 amide bonds. The van der Waals surface area contributed by atoms with Crippen molar-refractivity contribution in [2.24, 2.45) is 5.73 Å². The van der Waals surface area contributed by atoms with E-state index in [1.807, 2.05) is 0 Å². The smallest absolute Gasteiger partial charge is 0.327 e. The lowest BCUT2D eigenvalue weighted by Gasteiger charge is -2.13. The van der Waals surface area contributed by atoms with Crippen molar-refractivity contribution in [1.82, 2.24) is 0 Å². The third-order valence-electron chi connectivity index (χ3n) is 2.31. The second-order valence-corrected chi connectivity index (χ2v) is 3.83. The minimum atomic E-state index is -4.28. The van der Waals surface area contributed by atoms with E-state index in [2.05, 4.69) is 0 Å². The first-order valence-corrected chi connectivity index (χ1v) is 5.05. The molecule has 1 aromatic rings. The van der Waals surface area contributed by atoms with Gasteiger partial charge in [-0.15, -0.1) is 0 Å². The Morgan fingerprint density at radius 1 is 1.18 bits per heavy atom. The summed E-state index contributed by atoms with van der Waals surface area (Å²) in [5, 5.41) is 0. The molecule has 0 aliphatic carbocycles. The molecule has 0 radical (unpaired) electrons. The fraction of sp³-hybridized carbons (Fsp3) is 0.455. The van der Waals surface area contributed by atoms with Gasteiger partial charge in [-0.2, -0.15) is 13.2 Å². The first-order chi connectivity index (χ1) is 7.79. The van der Waals surface area contributed by atoms with Crippen molar-refractivity contribution in [2.75, 3.05) is 0 Å². The number of benzene rings is 1. The van der Waals surface area contributed by atoms with Gasteiger partial charge in [-0.3, -0.25) is 0 Å². The van der Waals surface area contributed by atoms with Gasteiger partial charge in [0.25, 0.3) is 0 Å². The van der Waals surface area contributed by atoms with Crippen molar-refractivity contribution in [3.8, 4) is 0 Å². The van der Waals surface area contributed by atoms with Crippen molar-refractivity contribution >= 4 is 0 Å². The highest BCUT2D eigenvalue weighted by Gasteiger charge is 2.27. The van der Waals surface area contributed by atoms with E-state index in [0.29, 0.717) is 0 Å². The molecule has 1 atom stereocenters. The Hall–Kier alpha value is -1.17. The van der Waals surface area contributed by atoms with E-state index in [1.54, 1.807) is 0 Å². The number of rotatable bonds is 4. The molecule has 0 aromatic heterocycles. The van der Waals surface area contributed by atoms with Gasteiger partial charge in [0.2, 0.25) is 0 Å². The Balaban J connectivity index is 2.56. The molecule has 0 bridgehead atoms. The van der Waals surface area contributed by atoms with Gasteiger partial charge in [-0.25, -0.2) is 8.78 Å². The monoisotopic (exact) mass is 253 g/mol. The molecule has 17 heavy (non-hydrogen) atoms. The molecule has 0 fully saturated rings. The summed E-state index contributed by atoms with van der Waals surface area (Å²) in [6.45, 7) is 0. The second-order valence-electron chi connectivity index (χ2n) is 3.83. The summed E-state index contributed by atoms with van der Waals surface area (Å²) in [5.74, 6) is -2.07. The zero-order valence-corrected chi connectivity index (χ0v) is 8.90. The largest absolute Gasteiger partial charge is 0.389 e. The van der Waals surface area contributed by atoms with E-state index < -0.39 is 30.3 Å². The number of nitrogens with two attached hydrogens (primary N) is 1. The lowest BCUT2D eigenvalue weighted by atomic mass is 10.0. The van der Waals surface area contributed by atoms with Gasteiger partial charge in [0.05, 0.1) is 0 Å². The van der Waals surface area contributed by atoms with Crippen LogP contribution in [0.2, 0.25) is 0 Å². The predicted molar refractivity (Wildman–Crippen MR) is 53.3 cm³/mol. The van der Waals surface area contributed by atoms with Crippen LogP contribution in [-0.2, 0) is 6.42 Å². The fourth-order valence-corrected chi connectivity index (χ4v) is 1.44. The van der Waals surface area contributed by atoms with Crippen molar-refractivity contribution in [3.05, 3.63) is 35.4 Å². The molecule has 1 rings (SSSR count). The summed E-state index contributed by atoms with van der Waals surface area (Å²) in [6, 6.07) is 2.71. The van der Waals surface area contributed by atoms with Gasteiger partial charge in [0.15, 0.2) is 11.6 Å². The molecule has 0 aliphatic heterocycles. The van der Waals surface area contributed by atoms with Crippen molar-refractivity contribution in [1.29, 1.82) is 0 Å². The van der Waals surface area contributed by atoms with Crippen LogP contribution in [0.25, 0.3) is 0 Å². The minimum absolute atomic E-state index is 0.000301. The highest BCUT2D eigenvalue weighted by molar-refractivity contribution is 5.19. The molecule has 0 aliphatic rings. The third-order valence-corrected chi connectivity index (χ3v) is 2.31. The SMILES string of the molecule is NC(CCC(F)(F)F)Cc1cccc(F)c1F. The third kappa shape index (κ3) is 4.68. The normalized spacial score (nSPS) is 13.8. The van der Waals surface area contributed by atoms with Crippen LogP contribution in [0.4, 0.5) is 22.0 Å². The van der Waals surface area contributed by atoms with Gasteiger partial charge in [-0.1, -0.05) is 12.1 Å². The maximum Gasteiger partial charge on any atom is 0.389 e. The molecule has 0 saturated carbocycles. The molecule has 6 heteroatoms. The molecule has 1 nitrogen and oxygen atoms in total. The Bertz CT molecular complexity index is 375. The highest BCUT2D eigenvalue weighted by Crippen LogP contribution is 2.23. The molecule has 1 aromatic carbocycles. The van der Waals surface area contributed by atoms with Crippen molar-refractivity contribution < 1.29 is 22.0 Å². The Morgan fingerprint density at radius 3 is 2.41 bits per heavy atom. The summed E-state index contributed by atoms with van der Waals surface area (Å²) in [5.41, 5.74) is 5.44. The minimum Gasteiger partial charge on any atom is -0.327 e. The summed E-state index contributed by atoms with van der Waals surface area (Å²) in [7, 11) is 0. The summed E-state index contributed by atoms with van der Waals surface area (Å²) in [6.07, 6.45) is -5.72. The van der Waals surface area contributed by atoms with Gasteiger partial charge in [-0.05, 0) is 24.5 Å². The molecular weight excluding hydrogens is 241 g/mol. The lowest BCUT2D eigenvalue weighted by Crippen LogP contribution is -2.25. The van der Waals surface area contributed by atoms with E-state index in [1.165, 1.54) is 12.1 Å². The molecule has 0 heterocycles. The quantitative estimate of drug-likeness (QED) is 0.819. The lowest BCUT2D eigenvalue weighted by molar-refractivity contribution is -0.136. The van der Waals surface area contributed by atoms with Gasteiger partial charge >= 0.3 is 6.18 Å². The maximum atomic E-state index is 13.2. The van der Waals surface area contributed by atoms with E-state index in [-0.39, 0.29) is 18.4 Å². The van der Waals surface area contributed by atoms with Crippen LogP contribution in [0.15, 0.2) is 18.2 Å². The topological polar surface area (TPSA) is 26.0 Å². The Morgan fingerprint density at radius 2 is 1.82 bits per heavy atom. The van der Waals surface area contributed by atoms with Crippen LogP contribution >= 0.6 is 0 Å². The first-order valence-electron chi connectivity index (χ1n) is 5.05. The average Bonchev–Trinajstić information content (AvgIpc) is 2.21. The number of hydrogen-bond donors (Lipinski definition) is 1. The zero-order valence-electron chi connectivity index (χ0n) is 8.90. The van der Waals surface area contributed by atoms with E-state index in [0.717, 1.165) is 6.07 Å². The summed E-state index contributed by atoms with van der Waals surface area (Å²) < 4.78 is 61.7. The van der Waals surface area contributed by atoms with Crippen LogP contribution in [0.5, 0.6) is 0 Å². The molecule has 2 N–H and O–H groups in total. The van der Waals surface area contributed by atoms with E-state index in [4.69, 9.17) is 5.73 Å². The summed E-state index contributed by atoms with van der Waals surface area (Å²) in [4.78, 5) is 0. The van der Waals surface area contributed by atoms with Crippen LogP contribution in [0.1, 0.15) is 18.4 Å². The predicted octanol–water partition coefficient (Wildman–Crippen LogP) is 3.18. The number of halogens is 5. The molecular formula is C11H12F5N. The first kappa shape index (κ1) is 13.9. The van der Waals surface area contributed by atoms with Crippen LogP contribution in [0, 0.1) is 11.6 Å². The van der Waals surface area contributed by atoms with Crippen LogP contribution in [-0.4, -0.2) is 12.2 Å². The molecule has 0 saturated heterocycles. The molecule has 1 unspecified atom stereocenters. The summed E-state index contributed by atoms with van der Waals surface area (Å²) >= 11 is 0. The number of hydrogen-bond acceptors (Lipinski definition) is 1. The van der Waals surface area contributed by atoms with Crippen LogP contribution < -0.4 is 5.73 Å². The average molecular weight is 253 g/mol. The highest BCUT2D eigenvalue weighted by atomic mass is 19.4. The standard InChI is InChI=1S/C11H12F5N/c12-9-3-1-2-7(10(9)13)6-8(17)4-5-11(14,15)16/h1-3,8H,4-6,17H2. The fourth-order valence-electron chi connectivity index (χ4n) is 1.44. The van der Waals surface area contributed by atoms with E-state index in [9.17, 15) is 22.0 Å². The number of alkyl halides is 3. The van der Waals surface area contributed by atoms with E-state index >= 15 is 0 Å². The molecule has 96 valence electrons. The van der Waals surface area contributed by atoms with Gasteiger partial charge in [0.1, 0.15) is 0 Å². The van der Waals surface area contributed by atoms with Crippen LogP contribution in [0.3, 0.4) is 0 Å². The second kappa shape index (κ2) is 5.44. The van der Waals surface area contributed by atoms with Crippen molar-refractivity contribution in [3.63, 3.8) is 0 Å². The Labute approximate surface area is 95.4 Å². The van der Waals surface area contributed by atoms with Gasteiger partial charge in [0, 0.05) is 12.5 Å². The molecule has 0 spiro atoms. The van der Waals surface area contributed by atoms with Crippen molar-refractivity contribution in [2.45, 2.75) is 31.5 Å². The van der Waals surface area contributed by atoms with Gasteiger partial charge < -0.3 is 5.73 Å². The Kier molecular flexibility index (Phi) is 4.45. The zero-order chi connectivity index (χ0) is 13.1.